The van der Waals surface area contributed by atoms with Crippen molar-refractivity contribution in [1.29, 1.82) is 0 Å². The van der Waals surface area contributed by atoms with Gasteiger partial charge in [-0.25, -0.2) is 0 Å². The Kier molecular flexibility index (Phi) is 7.25. The predicted molar refractivity (Wildman–Crippen MR) is 135 cm³/mol. The monoisotopic (exact) mass is 472 g/mol. The van der Waals surface area contributed by atoms with Gasteiger partial charge in [0.05, 0.1) is 19.4 Å². The third-order valence-electron chi connectivity index (χ3n) is 6.15. The summed E-state index contributed by atoms with van der Waals surface area (Å²) < 4.78 is 16.5. The molecule has 3 aromatic carbocycles. The van der Waals surface area contributed by atoms with Crippen LogP contribution in [-0.2, 0) is 25.5 Å². The lowest BCUT2D eigenvalue weighted by molar-refractivity contribution is -0.153. The van der Waals surface area contributed by atoms with E-state index in [0.717, 1.165) is 22.4 Å². The molecule has 0 saturated carbocycles. The van der Waals surface area contributed by atoms with Crippen molar-refractivity contribution in [2.45, 2.75) is 45.1 Å². The summed E-state index contributed by atoms with van der Waals surface area (Å²) in [6, 6.07) is 24.0. The quantitative estimate of drug-likeness (QED) is 0.380. The molecule has 1 aliphatic rings. The number of fused-ring (bicyclic) bond motifs is 3. The Hall–Kier alpha value is -3.60. The van der Waals surface area contributed by atoms with Crippen molar-refractivity contribution in [3.05, 3.63) is 89.5 Å². The molecular weight excluding hydrogens is 440 g/mol. The molecule has 5 heteroatoms. The molecule has 0 heterocycles. The second-order valence-corrected chi connectivity index (χ2v) is 9.90. The molecule has 0 aromatic heterocycles. The molecule has 4 rings (SSSR count). The Balaban J connectivity index is 1.40. The zero-order chi connectivity index (χ0) is 25.0. The van der Waals surface area contributed by atoms with Crippen LogP contribution in [0.1, 0.15) is 49.8 Å². The summed E-state index contributed by atoms with van der Waals surface area (Å²) in [6.07, 6.45) is 0.343. The number of esters is 2. The molecular formula is C30H32O5. The first-order chi connectivity index (χ1) is 16.7. The van der Waals surface area contributed by atoms with Crippen molar-refractivity contribution in [2.75, 3.05) is 13.7 Å². The van der Waals surface area contributed by atoms with E-state index in [2.05, 4.69) is 24.3 Å². The maximum Gasteiger partial charge on any atom is 0.309 e. The summed E-state index contributed by atoms with van der Waals surface area (Å²) in [5.41, 5.74) is 5.30. The molecule has 182 valence electrons. The van der Waals surface area contributed by atoms with Crippen molar-refractivity contribution < 1.29 is 23.8 Å². The van der Waals surface area contributed by atoms with Gasteiger partial charge in [0.25, 0.3) is 0 Å². The van der Waals surface area contributed by atoms with E-state index in [1.54, 1.807) is 0 Å². The van der Waals surface area contributed by atoms with E-state index >= 15 is 0 Å². The topological polar surface area (TPSA) is 61.8 Å². The minimum Gasteiger partial charge on any atom is -0.488 e. The van der Waals surface area contributed by atoms with Gasteiger partial charge in [0.2, 0.25) is 0 Å². The molecule has 0 aliphatic heterocycles. The van der Waals surface area contributed by atoms with Gasteiger partial charge in [0.15, 0.2) is 0 Å². The lowest BCUT2D eigenvalue weighted by Crippen LogP contribution is -2.24. The maximum atomic E-state index is 12.8. The summed E-state index contributed by atoms with van der Waals surface area (Å²) in [5, 5.41) is 0. The highest BCUT2D eigenvalue weighted by Gasteiger charge is 2.30. The number of hydrogen-bond donors (Lipinski definition) is 0. The largest absolute Gasteiger partial charge is 0.488 e. The van der Waals surface area contributed by atoms with Gasteiger partial charge < -0.3 is 14.2 Å². The fourth-order valence-electron chi connectivity index (χ4n) is 4.61. The standard InChI is InChI=1S/C30H32O5/c1-30(2,3)35-22-15-13-20(14-16-22)17-21(29(32)33-4)18-28(31)34-19-27-25-11-7-5-9-23(25)24-10-6-8-12-26(24)27/h5-16,21,27H,17-19H2,1-4H3/t21-/m1/s1. The van der Waals surface area contributed by atoms with Crippen LogP contribution in [0.3, 0.4) is 0 Å². The van der Waals surface area contributed by atoms with Crippen LogP contribution in [0.4, 0.5) is 0 Å². The molecule has 3 aromatic rings. The highest BCUT2D eigenvalue weighted by atomic mass is 16.5. The SMILES string of the molecule is COC(=O)[C@@H](CC(=O)OCC1c2ccccc2-c2ccccc21)Cc1ccc(OC(C)(C)C)cc1. The fourth-order valence-corrected chi connectivity index (χ4v) is 4.61. The van der Waals surface area contributed by atoms with E-state index < -0.39 is 17.9 Å². The number of carbonyl (C=O) groups excluding carboxylic acids is 2. The number of ether oxygens (including phenoxy) is 3. The van der Waals surface area contributed by atoms with Gasteiger partial charge in [-0.05, 0) is 67.1 Å². The first-order valence-electron chi connectivity index (χ1n) is 11.9. The number of hydrogen-bond acceptors (Lipinski definition) is 5. The lowest BCUT2D eigenvalue weighted by Gasteiger charge is -2.21. The van der Waals surface area contributed by atoms with Crippen LogP contribution in [0.2, 0.25) is 0 Å². The van der Waals surface area contributed by atoms with Gasteiger partial charge >= 0.3 is 11.9 Å². The van der Waals surface area contributed by atoms with E-state index in [1.807, 2.05) is 69.3 Å². The molecule has 0 bridgehead atoms. The Morgan fingerprint density at radius 2 is 1.43 bits per heavy atom. The van der Waals surface area contributed by atoms with Crippen LogP contribution in [-0.4, -0.2) is 31.3 Å². The van der Waals surface area contributed by atoms with Crippen molar-refractivity contribution in [1.82, 2.24) is 0 Å². The summed E-state index contributed by atoms with van der Waals surface area (Å²) in [5.74, 6) is -0.709. The number of methoxy groups -OCH3 is 1. The summed E-state index contributed by atoms with van der Waals surface area (Å²) in [6.45, 7) is 6.20. The average molecular weight is 473 g/mol. The summed E-state index contributed by atoms with van der Waals surface area (Å²) in [4.78, 5) is 25.2. The van der Waals surface area contributed by atoms with Gasteiger partial charge in [-0.2, -0.15) is 0 Å². The predicted octanol–water partition coefficient (Wildman–Crippen LogP) is 5.94. The van der Waals surface area contributed by atoms with Gasteiger partial charge in [0, 0.05) is 5.92 Å². The Labute approximate surface area is 207 Å². The third kappa shape index (κ3) is 5.91. The molecule has 0 spiro atoms. The average Bonchev–Trinajstić information content (AvgIpc) is 3.16. The van der Waals surface area contributed by atoms with E-state index in [4.69, 9.17) is 14.2 Å². The Morgan fingerprint density at radius 3 is 1.97 bits per heavy atom. The third-order valence-corrected chi connectivity index (χ3v) is 6.15. The Bertz CT molecular complexity index is 1140. The van der Waals surface area contributed by atoms with Gasteiger partial charge in [-0.15, -0.1) is 0 Å². The highest BCUT2D eigenvalue weighted by molar-refractivity contribution is 5.81. The minimum absolute atomic E-state index is 0.0155. The molecule has 0 amide bonds. The first-order valence-corrected chi connectivity index (χ1v) is 11.9. The molecule has 0 fully saturated rings. The Morgan fingerprint density at radius 1 is 0.857 bits per heavy atom. The van der Waals surface area contributed by atoms with Crippen LogP contribution >= 0.6 is 0 Å². The molecule has 0 saturated heterocycles. The molecule has 1 atom stereocenters. The van der Waals surface area contributed by atoms with Gasteiger partial charge in [0.1, 0.15) is 18.0 Å². The first kappa shape index (κ1) is 24.5. The second-order valence-electron chi connectivity index (χ2n) is 9.90. The van der Waals surface area contributed by atoms with E-state index in [9.17, 15) is 9.59 Å². The molecule has 5 nitrogen and oxygen atoms in total. The van der Waals surface area contributed by atoms with Crippen LogP contribution in [0.5, 0.6) is 5.75 Å². The fraction of sp³-hybridized carbons (Fsp3) is 0.333. The lowest BCUT2D eigenvalue weighted by atomic mass is 9.96. The van der Waals surface area contributed by atoms with Crippen LogP contribution in [0.15, 0.2) is 72.8 Å². The second kappa shape index (κ2) is 10.3. The van der Waals surface area contributed by atoms with Crippen molar-refractivity contribution in [3.8, 4) is 16.9 Å². The molecule has 0 unspecified atom stereocenters. The normalized spacial score (nSPS) is 13.5. The zero-order valence-electron chi connectivity index (χ0n) is 20.7. The molecule has 0 N–H and O–H groups in total. The molecule has 1 aliphatic carbocycles. The highest BCUT2D eigenvalue weighted by Crippen LogP contribution is 2.44. The van der Waals surface area contributed by atoms with Gasteiger partial charge in [-0.1, -0.05) is 60.7 Å². The minimum atomic E-state index is -0.620. The van der Waals surface area contributed by atoms with Gasteiger partial charge in [-0.3, -0.25) is 9.59 Å². The van der Waals surface area contributed by atoms with Crippen molar-refractivity contribution in [2.24, 2.45) is 5.92 Å². The number of rotatable bonds is 8. The van der Waals surface area contributed by atoms with Crippen LogP contribution in [0.25, 0.3) is 11.1 Å². The van der Waals surface area contributed by atoms with Crippen molar-refractivity contribution in [3.63, 3.8) is 0 Å². The number of carbonyl (C=O) groups is 2. The molecule has 0 radical (unpaired) electrons. The summed E-state index contributed by atoms with van der Waals surface area (Å²) in [7, 11) is 1.34. The van der Waals surface area contributed by atoms with Crippen molar-refractivity contribution >= 4 is 11.9 Å². The van der Waals surface area contributed by atoms with E-state index in [1.165, 1.54) is 18.2 Å². The van der Waals surface area contributed by atoms with Crippen LogP contribution in [0, 0.1) is 5.92 Å². The van der Waals surface area contributed by atoms with E-state index in [0.29, 0.717) is 6.42 Å². The maximum absolute atomic E-state index is 12.8. The zero-order valence-corrected chi connectivity index (χ0v) is 20.7. The summed E-state index contributed by atoms with van der Waals surface area (Å²) >= 11 is 0. The van der Waals surface area contributed by atoms with Crippen LogP contribution < -0.4 is 4.74 Å². The smallest absolute Gasteiger partial charge is 0.309 e. The number of benzene rings is 3. The van der Waals surface area contributed by atoms with E-state index in [-0.39, 0.29) is 24.5 Å². The molecule has 35 heavy (non-hydrogen) atoms.